The van der Waals surface area contributed by atoms with Crippen molar-refractivity contribution in [2.45, 2.75) is 6.92 Å². The van der Waals surface area contributed by atoms with Crippen molar-refractivity contribution >= 4 is 17.8 Å². The van der Waals surface area contributed by atoms with E-state index in [0.29, 0.717) is 23.7 Å². The van der Waals surface area contributed by atoms with Gasteiger partial charge in [0.1, 0.15) is 0 Å². The molecule has 2 rings (SSSR count). The third kappa shape index (κ3) is 4.97. The first kappa shape index (κ1) is 18.3. The quantitative estimate of drug-likeness (QED) is 0.621. The summed E-state index contributed by atoms with van der Waals surface area (Å²) in [5, 5.41) is 4.00. The smallest absolute Gasteiger partial charge is 0.271 e. The second-order valence-electron chi connectivity index (χ2n) is 5.48. The Kier molecular flexibility index (Phi) is 6.39. The van der Waals surface area contributed by atoms with Crippen molar-refractivity contribution in [3.05, 3.63) is 53.6 Å². The maximum absolute atomic E-state index is 12.1. The largest absolute Gasteiger partial charge is 0.493 e. The summed E-state index contributed by atoms with van der Waals surface area (Å²) in [7, 11) is 5.49. The summed E-state index contributed by atoms with van der Waals surface area (Å²) >= 11 is 0. The average Bonchev–Trinajstić information content (AvgIpc) is 2.62. The van der Waals surface area contributed by atoms with Gasteiger partial charge in [0.2, 0.25) is 0 Å². The van der Waals surface area contributed by atoms with Gasteiger partial charge in [0.25, 0.3) is 5.91 Å². The Labute approximate surface area is 148 Å². The van der Waals surface area contributed by atoms with Crippen molar-refractivity contribution in [3.63, 3.8) is 0 Å². The fourth-order valence-electron chi connectivity index (χ4n) is 2.18. The molecule has 6 heteroatoms. The van der Waals surface area contributed by atoms with Crippen molar-refractivity contribution in [2.75, 3.05) is 32.7 Å². The zero-order valence-corrected chi connectivity index (χ0v) is 14.9. The number of rotatable bonds is 7. The molecule has 25 heavy (non-hydrogen) atoms. The van der Waals surface area contributed by atoms with E-state index in [0.717, 1.165) is 11.3 Å². The monoisotopic (exact) mass is 341 g/mol. The third-order valence-electron chi connectivity index (χ3n) is 3.51. The van der Waals surface area contributed by atoms with Gasteiger partial charge in [-0.3, -0.25) is 4.79 Å². The van der Waals surface area contributed by atoms with Gasteiger partial charge in [-0.2, -0.15) is 5.10 Å². The number of nitrogens with zero attached hydrogens (tertiary/aromatic N) is 2. The lowest BCUT2D eigenvalue weighted by Gasteiger charge is -2.12. The fourth-order valence-corrected chi connectivity index (χ4v) is 2.18. The highest BCUT2D eigenvalue weighted by Crippen LogP contribution is 2.27. The Balaban J connectivity index is 2.02. The Morgan fingerprint density at radius 3 is 2.48 bits per heavy atom. The summed E-state index contributed by atoms with van der Waals surface area (Å²) in [4.78, 5) is 14.1. The highest BCUT2D eigenvalue weighted by atomic mass is 16.5. The van der Waals surface area contributed by atoms with Crippen molar-refractivity contribution in [1.82, 2.24) is 5.43 Å². The SMILES string of the molecule is CCOc1cc(/C=N\NC(=O)c2ccc(N(C)C)cc2)ccc1OC. The standard InChI is InChI=1S/C19H23N3O3/c1-5-25-18-12-14(6-11-17(18)24-4)13-20-21-19(23)15-7-9-16(10-8-15)22(2)3/h6-13H,5H2,1-4H3,(H,21,23)/b20-13-. The normalized spacial score (nSPS) is 10.6. The number of hydrazone groups is 1. The molecule has 0 aromatic heterocycles. The number of hydrogen-bond donors (Lipinski definition) is 1. The lowest BCUT2D eigenvalue weighted by atomic mass is 10.2. The minimum absolute atomic E-state index is 0.264. The molecule has 0 unspecified atom stereocenters. The highest BCUT2D eigenvalue weighted by Gasteiger charge is 2.06. The van der Waals surface area contributed by atoms with Crippen LogP contribution in [-0.4, -0.2) is 39.9 Å². The summed E-state index contributed by atoms with van der Waals surface area (Å²) in [5.74, 6) is 1.03. The zero-order valence-electron chi connectivity index (χ0n) is 14.9. The molecule has 2 aromatic carbocycles. The van der Waals surface area contributed by atoms with Crippen LogP contribution >= 0.6 is 0 Å². The fraction of sp³-hybridized carbons (Fsp3) is 0.263. The van der Waals surface area contributed by atoms with Gasteiger partial charge >= 0.3 is 0 Å². The van der Waals surface area contributed by atoms with Gasteiger partial charge < -0.3 is 14.4 Å². The summed E-state index contributed by atoms with van der Waals surface area (Å²) in [6.07, 6.45) is 1.56. The molecule has 0 bridgehead atoms. The van der Waals surface area contributed by atoms with Crippen LogP contribution in [0, 0.1) is 0 Å². The Morgan fingerprint density at radius 2 is 1.88 bits per heavy atom. The molecule has 0 saturated carbocycles. The van der Waals surface area contributed by atoms with Gasteiger partial charge in [-0.1, -0.05) is 0 Å². The molecule has 0 fully saturated rings. The number of nitrogens with one attached hydrogen (secondary N) is 1. The first-order valence-electron chi connectivity index (χ1n) is 7.96. The van der Waals surface area contributed by atoms with Crippen LogP contribution in [0.15, 0.2) is 47.6 Å². The van der Waals surface area contributed by atoms with E-state index >= 15 is 0 Å². The lowest BCUT2D eigenvalue weighted by molar-refractivity contribution is 0.0955. The maximum atomic E-state index is 12.1. The number of hydrogen-bond acceptors (Lipinski definition) is 5. The summed E-state index contributed by atoms with van der Waals surface area (Å²) in [5.41, 5.74) is 4.90. The number of anilines is 1. The molecular formula is C19H23N3O3. The van der Waals surface area contributed by atoms with Crippen LogP contribution in [0.5, 0.6) is 11.5 Å². The number of amides is 1. The van der Waals surface area contributed by atoms with Crippen LogP contribution in [-0.2, 0) is 0 Å². The van der Waals surface area contributed by atoms with Crippen LogP contribution < -0.4 is 19.8 Å². The van der Waals surface area contributed by atoms with E-state index in [9.17, 15) is 4.79 Å². The second kappa shape index (κ2) is 8.73. The lowest BCUT2D eigenvalue weighted by Crippen LogP contribution is -2.18. The van der Waals surface area contributed by atoms with E-state index in [1.807, 2.05) is 50.2 Å². The van der Waals surface area contributed by atoms with Crippen LogP contribution in [0.25, 0.3) is 0 Å². The van der Waals surface area contributed by atoms with E-state index in [2.05, 4.69) is 10.5 Å². The number of carbonyl (C=O) groups excluding carboxylic acids is 1. The predicted molar refractivity (Wildman–Crippen MR) is 100.0 cm³/mol. The van der Waals surface area contributed by atoms with E-state index < -0.39 is 0 Å². The minimum Gasteiger partial charge on any atom is -0.493 e. The molecule has 0 radical (unpaired) electrons. The molecule has 0 saturated heterocycles. The molecule has 0 spiro atoms. The molecule has 0 atom stereocenters. The van der Waals surface area contributed by atoms with Crippen LogP contribution in [0.1, 0.15) is 22.8 Å². The molecule has 0 aliphatic carbocycles. The maximum Gasteiger partial charge on any atom is 0.271 e. The van der Waals surface area contributed by atoms with Crippen LogP contribution in [0.2, 0.25) is 0 Å². The topological polar surface area (TPSA) is 63.2 Å². The molecule has 1 N–H and O–H groups in total. The summed E-state index contributed by atoms with van der Waals surface area (Å²) in [6.45, 7) is 2.44. The number of methoxy groups -OCH3 is 1. The number of carbonyl (C=O) groups is 1. The van der Waals surface area contributed by atoms with Gasteiger partial charge in [-0.15, -0.1) is 0 Å². The van der Waals surface area contributed by atoms with Crippen molar-refractivity contribution in [1.29, 1.82) is 0 Å². The summed E-state index contributed by atoms with van der Waals surface area (Å²) < 4.78 is 10.8. The Morgan fingerprint density at radius 1 is 1.16 bits per heavy atom. The Hall–Kier alpha value is -3.02. The second-order valence-corrected chi connectivity index (χ2v) is 5.48. The zero-order chi connectivity index (χ0) is 18.2. The van der Waals surface area contributed by atoms with Crippen molar-refractivity contribution < 1.29 is 14.3 Å². The van der Waals surface area contributed by atoms with Crippen LogP contribution in [0.3, 0.4) is 0 Å². The van der Waals surface area contributed by atoms with Gasteiger partial charge in [0.15, 0.2) is 11.5 Å². The minimum atomic E-state index is -0.264. The van der Waals surface area contributed by atoms with Gasteiger partial charge in [0, 0.05) is 25.3 Å². The highest BCUT2D eigenvalue weighted by molar-refractivity contribution is 5.95. The summed E-state index contributed by atoms with van der Waals surface area (Å²) in [6, 6.07) is 12.7. The average molecular weight is 341 g/mol. The van der Waals surface area contributed by atoms with E-state index in [1.54, 1.807) is 31.5 Å². The van der Waals surface area contributed by atoms with Crippen molar-refractivity contribution in [3.8, 4) is 11.5 Å². The number of ether oxygens (including phenoxy) is 2. The molecule has 6 nitrogen and oxygen atoms in total. The third-order valence-corrected chi connectivity index (χ3v) is 3.51. The number of benzene rings is 2. The van der Waals surface area contributed by atoms with Crippen molar-refractivity contribution in [2.24, 2.45) is 5.10 Å². The van der Waals surface area contributed by atoms with E-state index in [4.69, 9.17) is 9.47 Å². The van der Waals surface area contributed by atoms with Gasteiger partial charge in [0.05, 0.1) is 19.9 Å². The molecule has 2 aromatic rings. The van der Waals surface area contributed by atoms with Gasteiger partial charge in [-0.05, 0) is 55.0 Å². The molecule has 1 amide bonds. The first-order valence-corrected chi connectivity index (χ1v) is 7.96. The van der Waals surface area contributed by atoms with Gasteiger partial charge in [-0.25, -0.2) is 5.43 Å². The van der Waals surface area contributed by atoms with E-state index in [1.165, 1.54) is 0 Å². The molecule has 0 heterocycles. The predicted octanol–water partition coefficient (Wildman–Crippen LogP) is 2.92. The van der Waals surface area contributed by atoms with E-state index in [-0.39, 0.29) is 5.91 Å². The molecule has 0 aliphatic rings. The first-order chi connectivity index (χ1) is 12.0. The Bertz CT molecular complexity index is 740. The molecular weight excluding hydrogens is 318 g/mol. The molecule has 132 valence electrons. The molecule has 0 aliphatic heterocycles. The van der Waals surface area contributed by atoms with Crippen LogP contribution in [0.4, 0.5) is 5.69 Å².